The molecule has 0 fully saturated rings. The summed E-state index contributed by atoms with van der Waals surface area (Å²) in [6, 6.07) is 11.3. The van der Waals surface area contributed by atoms with Crippen LogP contribution in [0, 0.1) is 0 Å². The number of halogens is 9. The number of hydrogen-bond donors (Lipinski definition) is 0. The summed E-state index contributed by atoms with van der Waals surface area (Å²) in [5, 5.41) is 0. The molecule has 31 heavy (non-hydrogen) atoms. The molecule has 3 aromatic carbocycles. The molecule has 3 nitrogen and oxygen atoms in total. The summed E-state index contributed by atoms with van der Waals surface area (Å²) in [6.45, 7) is 0. The van der Waals surface area contributed by atoms with Crippen molar-refractivity contribution in [3.63, 3.8) is 0 Å². The van der Waals surface area contributed by atoms with E-state index < -0.39 is 8.60 Å². The topological polar surface area (TPSA) is 27.7 Å². The zero-order chi connectivity index (χ0) is 22.9. The van der Waals surface area contributed by atoms with Crippen LogP contribution in [0.4, 0.5) is 0 Å². The van der Waals surface area contributed by atoms with Crippen molar-refractivity contribution in [3.8, 4) is 17.2 Å². The van der Waals surface area contributed by atoms with Crippen LogP contribution in [-0.2, 0) is 0 Å². The van der Waals surface area contributed by atoms with Crippen LogP contribution in [0.2, 0.25) is 0 Å². The van der Waals surface area contributed by atoms with E-state index in [2.05, 4.69) is 143 Å². The fraction of sp³-hybridized carbons (Fsp3) is 0. The van der Waals surface area contributed by atoms with E-state index in [1.807, 2.05) is 36.4 Å². The molecule has 0 aromatic heterocycles. The molecule has 166 valence electrons. The van der Waals surface area contributed by atoms with Crippen molar-refractivity contribution in [2.75, 3.05) is 0 Å². The second kappa shape index (κ2) is 12.2. The fourth-order valence-electron chi connectivity index (χ4n) is 2.29. The summed E-state index contributed by atoms with van der Waals surface area (Å²) in [5.74, 6) is 1.73. The minimum absolute atomic E-state index is 0.577. The first kappa shape index (κ1) is 27.4. The van der Waals surface area contributed by atoms with Crippen LogP contribution in [0.25, 0.3) is 0 Å². The zero-order valence-corrected chi connectivity index (χ0v) is 30.1. The monoisotopic (exact) mass is 1010 g/mol. The van der Waals surface area contributed by atoms with Gasteiger partial charge in [-0.25, -0.2) is 0 Å². The van der Waals surface area contributed by atoms with Gasteiger partial charge in [0.1, 0.15) is 0 Å². The van der Waals surface area contributed by atoms with Gasteiger partial charge < -0.3 is 0 Å². The Labute approximate surface area is 255 Å². The molecule has 0 radical (unpaired) electrons. The molecular weight excluding hydrogens is 1010 g/mol. The summed E-state index contributed by atoms with van der Waals surface area (Å²) in [4.78, 5) is 0. The Kier molecular flexibility index (Phi) is 10.8. The Hall–Kier alpha value is 1.81. The molecule has 0 saturated heterocycles. The molecule has 13 heteroatoms. The maximum absolute atomic E-state index is 6.29. The van der Waals surface area contributed by atoms with Gasteiger partial charge in [0, 0.05) is 0 Å². The molecule has 3 aromatic rings. The predicted molar refractivity (Wildman–Crippen MR) is 160 cm³/mol. The van der Waals surface area contributed by atoms with Crippen molar-refractivity contribution >= 4 is 152 Å². The van der Waals surface area contributed by atoms with Crippen molar-refractivity contribution < 1.29 is 13.6 Å². The molecule has 0 heterocycles. The predicted octanol–water partition coefficient (Wildman–Crippen LogP) is 11.8. The Morgan fingerprint density at radius 3 is 0.774 bits per heavy atom. The first-order valence-corrected chi connectivity index (χ1v) is 16.5. The van der Waals surface area contributed by atoms with E-state index in [9.17, 15) is 0 Å². The van der Waals surface area contributed by atoms with Crippen LogP contribution in [0.3, 0.4) is 0 Å². The Morgan fingerprint density at radius 2 is 0.581 bits per heavy atom. The Morgan fingerprint density at radius 1 is 0.387 bits per heavy atom. The van der Waals surface area contributed by atoms with E-state index in [-0.39, 0.29) is 0 Å². The second-order valence-electron chi connectivity index (χ2n) is 5.74. The number of hydrogen-bond acceptors (Lipinski definition) is 3. The summed E-state index contributed by atoms with van der Waals surface area (Å²) in [7, 11) is -2.86. The minimum atomic E-state index is -2.86. The van der Waals surface area contributed by atoms with Gasteiger partial charge in [0.05, 0.1) is 0 Å². The molecule has 0 bridgehead atoms. The summed E-state index contributed by atoms with van der Waals surface area (Å²) < 4.78 is 26.1. The van der Waals surface area contributed by atoms with Crippen molar-refractivity contribution in [1.29, 1.82) is 0 Å². The average molecular weight is 1020 g/mol. The van der Waals surface area contributed by atoms with Gasteiger partial charge in [0.15, 0.2) is 0 Å². The van der Waals surface area contributed by atoms with Gasteiger partial charge in [0.25, 0.3) is 0 Å². The van der Waals surface area contributed by atoms with Gasteiger partial charge in [-0.1, -0.05) is 0 Å². The molecule has 3 rings (SSSR count). The van der Waals surface area contributed by atoms with Gasteiger partial charge in [-0.05, 0) is 0 Å². The molecule has 0 amide bonds. The van der Waals surface area contributed by atoms with E-state index in [0.29, 0.717) is 17.2 Å². The van der Waals surface area contributed by atoms with Crippen molar-refractivity contribution in [2.24, 2.45) is 0 Å². The van der Waals surface area contributed by atoms with E-state index in [1.54, 1.807) is 0 Å². The van der Waals surface area contributed by atoms with Gasteiger partial charge in [-0.15, -0.1) is 0 Å². The summed E-state index contributed by atoms with van der Waals surface area (Å²) in [6.07, 6.45) is 0. The molecule has 0 spiro atoms. The van der Waals surface area contributed by atoms with Gasteiger partial charge in [-0.3, -0.25) is 0 Å². The van der Waals surface area contributed by atoms with Gasteiger partial charge in [-0.2, -0.15) is 0 Å². The molecule has 0 unspecified atom stereocenters. The molecule has 0 aliphatic rings. The van der Waals surface area contributed by atoms with Crippen molar-refractivity contribution in [1.82, 2.24) is 0 Å². The molecular formula is C18H8Br9O3P. The van der Waals surface area contributed by atoms with Crippen molar-refractivity contribution in [3.05, 3.63) is 76.7 Å². The van der Waals surface area contributed by atoms with Crippen molar-refractivity contribution in [2.45, 2.75) is 0 Å². The van der Waals surface area contributed by atoms with Crippen LogP contribution in [0.15, 0.2) is 76.7 Å². The standard InChI is InChI=1S/C18H8Br9O3P/c19-7-1-10(22)16(11(23)2-7)28-31(29-17-12(24)3-8(20)4-13(17)25)30-18-14(26)5-9(21)6-15(18)27/h1-6H,31H2. The van der Waals surface area contributed by atoms with E-state index in [4.69, 9.17) is 13.6 Å². The average Bonchev–Trinajstić information content (AvgIpc) is 2.63. The van der Waals surface area contributed by atoms with E-state index in [0.717, 1.165) is 40.3 Å². The maximum atomic E-state index is 6.29. The third kappa shape index (κ3) is 7.40. The fourth-order valence-corrected chi connectivity index (χ4v) is 12.1. The first-order valence-electron chi connectivity index (χ1n) is 7.98. The van der Waals surface area contributed by atoms with Gasteiger partial charge >= 0.3 is 259 Å². The number of benzene rings is 3. The zero-order valence-electron chi connectivity index (χ0n) is 14.7. The summed E-state index contributed by atoms with van der Waals surface area (Å²) >= 11 is 31.7. The molecule has 0 atom stereocenters. The van der Waals surface area contributed by atoms with E-state index in [1.165, 1.54) is 0 Å². The molecule has 0 N–H and O–H groups in total. The number of rotatable bonds is 6. The molecule has 0 aliphatic carbocycles. The first-order chi connectivity index (χ1) is 14.5. The van der Waals surface area contributed by atoms with E-state index >= 15 is 0 Å². The summed E-state index contributed by atoms with van der Waals surface area (Å²) in [5.41, 5.74) is 0. The quantitative estimate of drug-likeness (QED) is 0.230. The normalized spacial score (nSPS) is 11.3. The van der Waals surface area contributed by atoms with Gasteiger partial charge in [0.2, 0.25) is 0 Å². The van der Waals surface area contributed by atoms with Crippen LogP contribution >= 0.6 is 152 Å². The van der Waals surface area contributed by atoms with Crippen LogP contribution in [0.5, 0.6) is 17.2 Å². The molecule has 0 saturated carbocycles. The van der Waals surface area contributed by atoms with Crippen LogP contribution in [0.1, 0.15) is 0 Å². The molecule has 0 aliphatic heterocycles. The third-order valence-corrected chi connectivity index (χ3v) is 9.72. The third-order valence-electron chi connectivity index (χ3n) is 3.53. The SMILES string of the molecule is Brc1cc(Br)c(O[PH2](Oc2c(Br)cc(Br)cc2Br)Oc2c(Br)cc(Br)cc2Br)c(Br)c1. The second-order valence-corrected chi connectivity index (χ2v) is 14.9. The Balaban J connectivity index is 2.02. The van der Waals surface area contributed by atoms with Crippen LogP contribution in [-0.4, -0.2) is 0 Å². The van der Waals surface area contributed by atoms with Crippen LogP contribution < -0.4 is 13.6 Å². The Bertz CT molecular complexity index is 932.